The zero-order chi connectivity index (χ0) is 13.1. The molecule has 0 aliphatic heterocycles. The van der Waals surface area contributed by atoms with Crippen molar-refractivity contribution in [2.24, 2.45) is 5.73 Å². The third kappa shape index (κ3) is 4.18. The molecule has 2 N–H and O–H groups in total. The highest BCUT2D eigenvalue weighted by molar-refractivity contribution is 6.30. The summed E-state index contributed by atoms with van der Waals surface area (Å²) in [5.74, 6) is 0. The van der Waals surface area contributed by atoms with Gasteiger partial charge in [0.1, 0.15) is 0 Å². The van der Waals surface area contributed by atoms with E-state index in [1.165, 1.54) is 0 Å². The molecule has 2 atom stereocenters. The molecular formula is C11H13ClF3NO. The lowest BCUT2D eigenvalue weighted by molar-refractivity contribution is -0.226. The van der Waals surface area contributed by atoms with Crippen LogP contribution in [0.1, 0.15) is 18.6 Å². The van der Waals surface area contributed by atoms with E-state index in [4.69, 9.17) is 22.1 Å². The normalized spacial score (nSPS) is 15.6. The van der Waals surface area contributed by atoms with Crippen LogP contribution in [0, 0.1) is 0 Å². The molecule has 0 saturated carbocycles. The first-order chi connectivity index (χ1) is 7.84. The number of hydrogen-bond donors (Lipinski definition) is 1. The van der Waals surface area contributed by atoms with Gasteiger partial charge in [-0.15, -0.1) is 0 Å². The van der Waals surface area contributed by atoms with Crippen molar-refractivity contribution >= 4 is 11.6 Å². The summed E-state index contributed by atoms with van der Waals surface area (Å²) < 4.78 is 41.9. The predicted octanol–water partition coefficient (Wildman–Crippen LogP) is 3.31. The summed E-state index contributed by atoms with van der Waals surface area (Å²) in [6, 6.07) is 6.45. The first-order valence-corrected chi connectivity index (χ1v) is 5.40. The molecule has 0 fully saturated rings. The maximum atomic E-state index is 12.3. The SMILES string of the molecule is CC(OC(CN)c1cccc(Cl)c1)C(F)(F)F. The van der Waals surface area contributed by atoms with E-state index in [-0.39, 0.29) is 6.54 Å². The monoisotopic (exact) mass is 267 g/mol. The quantitative estimate of drug-likeness (QED) is 0.908. The van der Waals surface area contributed by atoms with E-state index in [1.54, 1.807) is 24.3 Å². The first-order valence-electron chi connectivity index (χ1n) is 5.02. The van der Waals surface area contributed by atoms with Crippen LogP contribution in [0.2, 0.25) is 5.02 Å². The standard InChI is InChI=1S/C11H13ClF3NO/c1-7(11(13,14)15)17-10(6-16)8-3-2-4-9(12)5-8/h2-5,7,10H,6,16H2,1H3. The maximum absolute atomic E-state index is 12.3. The van der Waals surface area contributed by atoms with Crippen LogP contribution < -0.4 is 5.73 Å². The Hall–Kier alpha value is -0.780. The zero-order valence-electron chi connectivity index (χ0n) is 9.17. The number of halogens is 4. The van der Waals surface area contributed by atoms with E-state index in [2.05, 4.69) is 0 Å². The lowest BCUT2D eigenvalue weighted by Gasteiger charge is -2.23. The second kappa shape index (κ2) is 5.71. The molecule has 17 heavy (non-hydrogen) atoms. The summed E-state index contributed by atoms with van der Waals surface area (Å²) in [6.07, 6.45) is -7.08. The Morgan fingerprint density at radius 2 is 2.06 bits per heavy atom. The van der Waals surface area contributed by atoms with Crippen molar-refractivity contribution in [1.82, 2.24) is 0 Å². The van der Waals surface area contributed by atoms with Gasteiger partial charge in [0.05, 0.1) is 6.10 Å². The van der Waals surface area contributed by atoms with Gasteiger partial charge in [-0.2, -0.15) is 13.2 Å². The molecule has 0 aliphatic rings. The average molecular weight is 268 g/mol. The average Bonchev–Trinajstić information content (AvgIpc) is 2.24. The molecule has 0 spiro atoms. The molecule has 1 aromatic carbocycles. The molecule has 2 unspecified atom stereocenters. The highest BCUT2D eigenvalue weighted by atomic mass is 35.5. The number of benzene rings is 1. The Morgan fingerprint density at radius 3 is 2.53 bits per heavy atom. The summed E-state index contributed by atoms with van der Waals surface area (Å²) in [5.41, 5.74) is 5.95. The van der Waals surface area contributed by atoms with Gasteiger partial charge in [0, 0.05) is 11.6 Å². The molecule has 2 nitrogen and oxygen atoms in total. The molecule has 1 aromatic rings. The van der Waals surface area contributed by atoms with Crippen molar-refractivity contribution in [3.8, 4) is 0 Å². The molecule has 1 rings (SSSR count). The second-order valence-electron chi connectivity index (χ2n) is 3.60. The van der Waals surface area contributed by atoms with E-state index in [1.807, 2.05) is 0 Å². The summed E-state index contributed by atoms with van der Waals surface area (Å²) in [6.45, 7) is 0.911. The minimum atomic E-state index is -4.40. The predicted molar refractivity (Wildman–Crippen MR) is 59.8 cm³/mol. The van der Waals surface area contributed by atoms with Crippen molar-refractivity contribution in [2.75, 3.05) is 6.54 Å². The molecule has 0 bridgehead atoms. The van der Waals surface area contributed by atoms with E-state index in [0.717, 1.165) is 6.92 Å². The van der Waals surface area contributed by atoms with E-state index in [0.29, 0.717) is 10.6 Å². The molecule has 0 aliphatic carbocycles. The van der Waals surface area contributed by atoms with Gasteiger partial charge in [0.15, 0.2) is 6.10 Å². The van der Waals surface area contributed by atoms with Crippen molar-refractivity contribution < 1.29 is 17.9 Å². The van der Waals surface area contributed by atoms with Crippen LogP contribution in [0.5, 0.6) is 0 Å². The van der Waals surface area contributed by atoms with Gasteiger partial charge in [-0.3, -0.25) is 0 Å². The summed E-state index contributed by atoms with van der Waals surface area (Å²) in [5, 5.41) is 0.434. The maximum Gasteiger partial charge on any atom is 0.414 e. The van der Waals surface area contributed by atoms with Crippen LogP contribution in [0.25, 0.3) is 0 Å². The van der Waals surface area contributed by atoms with Gasteiger partial charge in [-0.25, -0.2) is 0 Å². The first kappa shape index (κ1) is 14.3. The number of rotatable bonds is 4. The van der Waals surface area contributed by atoms with Crippen LogP contribution in [0.15, 0.2) is 24.3 Å². The largest absolute Gasteiger partial charge is 0.414 e. The smallest absolute Gasteiger partial charge is 0.360 e. The fraction of sp³-hybridized carbons (Fsp3) is 0.455. The van der Waals surface area contributed by atoms with E-state index in [9.17, 15) is 13.2 Å². The van der Waals surface area contributed by atoms with Crippen LogP contribution in [-0.4, -0.2) is 18.8 Å². The Labute approximate surface area is 103 Å². The van der Waals surface area contributed by atoms with Crippen molar-refractivity contribution in [3.05, 3.63) is 34.9 Å². The van der Waals surface area contributed by atoms with Crippen LogP contribution in [0.3, 0.4) is 0 Å². The van der Waals surface area contributed by atoms with Gasteiger partial charge in [-0.05, 0) is 24.6 Å². The lowest BCUT2D eigenvalue weighted by atomic mass is 10.1. The Bertz CT molecular complexity index is 370. The summed E-state index contributed by atoms with van der Waals surface area (Å²) >= 11 is 5.75. The van der Waals surface area contributed by atoms with E-state index < -0.39 is 18.4 Å². The minimum absolute atomic E-state index is 0.0409. The lowest BCUT2D eigenvalue weighted by Crippen LogP contribution is -2.32. The fourth-order valence-corrected chi connectivity index (χ4v) is 1.50. The topological polar surface area (TPSA) is 35.2 Å². The molecule has 0 heterocycles. The molecule has 0 radical (unpaired) electrons. The third-order valence-corrected chi connectivity index (χ3v) is 2.50. The Morgan fingerprint density at radius 1 is 1.41 bits per heavy atom. The number of alkyl halides is 3. The van der Waals surface area contributed by atoms with Crippen molar-refractivity contribution in [1.29, 1.82) is 0 Å². The number of hydrogen-bond acceptors (Lipinski definition) is 2. The van der Waals surface area contributed by atoms with Crippen LogP contribution >= 0.6 is 11.6 Å². The highest BCUT2D eigenvalue weighted by Crippen LogP contribution is 2.28. The van der Waals surface area contributed by atoms with Gasteiger partial charge in [-0.1, -0.05) is 23.7 Å². The molecule has 96 valence electrons. The Balaban J connectivity index is 2.79. The molecule has 6 heteroatoms. The minimum Gasteiger partial charge on any atom is -0.360 e. The van der Waals surface area contributed by atoms with E-state index >= 15 is 0 Å². The summed E-state index contributed by atoms with van der Waals surface area (Å²) in [4.78, 5) is 0. The number of nitrogens with two attached hydrogens (primary N) is 1. The third-order valence-electron chi connectivity index (χ3n) is 2.26. The van der Waals surface area contributed by atoms with Crippen LogP contribution in [0.4, 0.5) is 13.2 Å². The van der Waals surface area contributed by atoms with Gasteiger partial charge >= 0.3 is 6.18 Å². The molecule has 0 aromatic heterocycles. The van der Waals surface area contributed by atoms with Crippen LogP contribution in [-0.2, 0) is 4.74 Å². The highest BCUT2D eigenvalue weighted by Gasteiger charge is 2.38. The van der Waals surface area contributed by atoms with Gasteiger partial charge in [0.2, 0.25) is 0 Å². The van der Waals surface area contributed by atoms with Crippen molar-refractivity contribution in [3.63, 3.8) is 0 Å². The Kier molecular flexibility index (Phi) is 4.80. The molecule has 0 amide bonds. The van der Waals surface area contributed by atoms with Gasteiger partial charge < -0.3 is 10.5 Å². The molecule has 0 saturated heterocycles. The fourth-order valence-electron chi connectivity index (χ4n) is 1.30. The van der Waals surface area contributed by atoms with Crippen molar-refractivity contribution in [2.45, 2.75) is 25.3 Å². The second-order valence-corrected chi connectivity index (χ2v) is 4.04. The molecular weight excluding hydrogens is 255 g/mol. The number of ether oxygens (including phenoxy) is 1. The summed E-state index contributed by atoms with van der Waals surface area (Å²) in [7, 11) is 0. The zero-order valence-corrected chi connectivity index (χ0v) is 9.92. The van der Waals surface area contributed by atoms with Gasteiger partial charge in [0.25, 0.3) is 0 Å².